The van der Waals surface area contributed by atoms with E-state index in [1.807, 2.05) is 19.2 Å². The maximum Gasteiger partial charge on any atom is 0.132 e. The van der Waals surface area contributed by atoms with Crippen molar-refractivity contribution in [3.8, 4) is 0 Å². The Morgan fingerprint density at radius 3 is 2.90 bits per heavy atom. The van der Waals surface area contributed by atoms with E-state index in [0.717, 1.165) is 44.0 Å². The highest BCUT2D eigenvalue weighted by atomic mass is 16.2. The smallest absolute Gasteiger partial charge is 0.132 e. The zero-order valence-corrected chi connectivity index (χ0v) is 12.8. The fourth-order valence-corrected chi connectivity index (χ4v) is 3.16. The monoisotopic (exact) mass is 278 g/mol. The van der Waals surface area contributed by atoms with Crippen molar-refractivity contribution in [1.82, 2.24) is 14.9 Å². The minimum Gasteiger partial charge on any atom is -0.396 e. The SMILES string of the molecule is Cc1nccc(N2CC[C@H](N(C)C)[C@H](CCCO)C2)n1. The average Bonchev–Trinajstić information content (AvgIpc) is 2.44. The predicted octanol–water partition coefficient (Wildman–Crippen LogP) is 1.31. The first-order valence-electron chi connectivity index (χ1n) is 7.43. The highest BCUT2D eigenvalue weighted by molar-refractivity contribution is 5.38. The van der Waals surface area contributed by atoms with Gasteiger partial charge in [-0.3, -0.25) is 0 Å². The molecule has 0 unspecified atom stereocenters. The lowest BCUT2D eigenvalue weighted by Gasteiger charge is -2.42. The van der Waals surface area contributed by atoms with Crippen LogP contribution < -0.4 is 4.90 Å². The maximum atomic E-state index is 9.09. The van der Waals surface area contributed by atoms with Crippen LogP contribution in [-0.2, 0) is 0 Å². The summed E-state index contributed by atoms with van der Waals surface area (Å²) in [6.07, 6.45) is 4.93. The van der Waals surface area contributed by atoms with E-state index in [2.05, 4.69) is 33.9 Å². The molecule has 0 saturated carbocycles. The van der Waals surface area contributed by atoms with Gasteiger partial charge in [-0.25, -0.2) is 9.97 Å². The minimum atomic E-state index is 0.281. The normalized spacial score (nSPS) is 23.4. The molecule has 0 aliphatic carbocycles. The zero-order chi connectivity index (χ0) is 14.5. The number of nitrogens with zero attached hydrogens (tertiary/aromatic N) is 4. The summed E-state index contributed by atoms with van der Waals surface area (Å²) in [4.78, 5) is 13.4. The summed E-state index contributed by atoms with van der Waals surface area (Å²) in [5.74, 6) is 2.44. The number of aliphatic hydroxyl groups excluding tert-OH is 1. The van der Waals surface area contributed by atoms with Gasteiger partial charge in [-0.15, -0.1) is 0 Å². The molecule has 2 atom stereocenters. The molecular weight excluding hydrogens is 252 g/mol. The van der Waals surface area contributed by atoms with Gasteiger partial charge in [0.1, 0.15) is 11.6 Å². The Balaban J connectivity index is 2.07. The average molecular weight is 278 g/mol. The Kier molecular flexibility index (Phi) is 5.31. The van der Waals surface area contributed by atoms with E-state index in [1.165, 1.54) is 0 Å². The van der Waals surface area contributed by atoms with Crippen molar-refractivity contribution >= 4 is 5.82 Å². The molecule has 1 N–H and O–H groups in total. The van der Waals surface area contributed by atoms with Gasteiger partial charge in [0.05, 0.1) is 0 Å². The second-order valence-corrected chi connectivity index (χ2v) is 5.85. The fraction of sp³-hybridized carbons (Fsp3) is 0.733. The molecule has 0 bridgehead atoms. The Morgan fingerprint density at radius 1 is 1.45 bits per heavy atom. The van der Waals surface area contributed by atoms with Crippen LogP contribution in [0.15, 0.2) is 12.3 Å². The van der Waals surface area contributed by atoms with E-state index in [1.54, 1.807) is 0 Å². The molecule has 20 heavy (non-hydrogen) atoms. The molecule has 112 valence electrons. The van der Waals surface area contributed by atoms with Crippen LogP contribution in [0, 0.1) is 12.8 Å². The molecular formula is C15H26N4O. The number of anilines is 1. The highest BCUT2D eigenvalue weighted by Gasteiger charge is 2.30. The standard InChI is InChI=1S/C15H26N4O/c1-12-16-8-6-15(17-12)19-9-7-14(18(2)3)13(11-19)5-4-10-20/h6,8,13-14,20H,4-5,7,9-11H2,1-3H3/t13-,14+/m1/s1. The van der Waals surface area contributed by atoms with Gasteiger partial charge in [0.25, 0.3) is 0 Å². The van der Waals surface area contributed by atoms with Gasteiger partial charge in [-0.2, -0.15) is 0 Å². The highest BCUT2D eigenvalue weighted by Crippen LogP contribution is 2.27. The van der Waals surface area contributed by atoms with Crippen LogP contribution in [-0.4, -0.2) is 59.8 Å². The summed E-state index contributed by atoms with van der Waals surface area (Å²) in [6, 6.07) is 2.59. The molecule has 1 aromatic rings. The van der Waals surface area contributed by atoms with Crippen molar-refractivity contribution in [2.45, 2.75) is 32.2 Å². The summed E-state index contributed by atoms with van der Waals surface area (Å²) in [6.45, 7) is 4.26. The molecule has 2 rings (SSSR count). The quantitative estimate of drug-likeness (QED) is 0.880. The van der Waals surface area contributed by atoms with Crippen molar-refractivity contribution in [3.05, 3.63) is 18.1 Å². The lowest BCUT2D eigenvalue weighted by molar-refractivity contribution is 0.161. The third kappa shape index (κ3) is 3.67. The van der Waals surface area contributed by atoms with Crippen LogP contribution >= 0.6 is 0 Å². The van der Waals surface area contributed by atoms with E-state index in [9.17, 15) is 0 Å². The van der Waals surface area contributed by atoms with Gasteiger partial charge < -0.3 is 14.9 Å². The third-order valence-corrected chi connectivity index (χ3v) is 4.18. The molecule has 0 radical (unpaired) electrons. The van der Waals surface area contributed by atoms with Gasteiger partial charge in [-0.05, 0) is 52.3 Å². The molecule has 0 amide bonds. The van der Waals surface area contributed by atoms with Gasteiger partial charge in [-0.1, -0.05) is 0 Å². The third-order valence-electron chi connectivity index (χ3n) is 4.18. The van der Waals surface area contributed by atoms with Crippen molar-refractivity contribution < 1.29 is 5.11 Å². The number of rotatable bonds is 5. The predicted molar refractivity (Wildman–Crippen MR) is 80.9 cm³/mol. The van der Waals surface area contributed by atoms with Crippen molar-refractivity contribution in [2.75, 3.05) is 38.7 Å². The van der Waals surface area contributed by atoms with E-state index < -0.39 is 0 Å². The number of aromatic nitrogens is 2. The molecule has 1 aliphatic rings. The summed E-state index contributed by atoms with van der Waals surface area (Å²) in [5.41, 5.74) is 0. The fourth-order valence-electron chi connectivity index (χ4n) is 3.16. The number of aliphatic hydroxyl groups is 1. The molecule has 1 aromatic heterocycles. The van der Waals surface area contributed by atoms with Gasteiger partial charge in [0, 0.05) is 31.9 Å². The van der Waals surface area contributed by atoms with Crippen LogP contribution in [0.25, 0.3) is 0 Å². The van der Waals surface area contributed by atoms with Crippen molar-refractivity contribution in [3.63, 3.8) is 0 Å². The van der Waals surface area contributed by atoms with Gasteiger partial charge in [0.2, 0.25) is 0 Å². The molecule has 5 nitrogen and oxygen atoms in total. The first kappa shape index (κ1) is 15.2. The maximum absolute atomic E-state index is 9.09. The van der Waals surface area contributed by atoms with Crippen molar-refractivity contribution in [1.29, 1.82) is 0 Å². The molecule has 1 saturated heterocycles. The summed E-state index contributed by atoms with van der Waals surface area (Å²) in [7, 11) is 4.31. The molecule has 1 fully saturated rings. The Labute approximate surface area is 121 Å². The Bertz CT molecular complexity index is 424. The van der Waals surface area contributed by atoms with Crippen LogP contribution in [0.4, 0.5) is 5.82 Å². The largest absolute Gasteiger partial charge is 0.396 e. The first-order valence-corrected chi connectivity index (χ1v) is 7.43. The Hall–Kier alpha value is -1.20. The lowest BCUT2D eigenvalue weighted by Crippen LogP contribution is -2.49. The lowest BCUT2D eigenvalue weighted by atomic mass is 9.87. The summed E-state index contributed by atoms with van der Waals surface area (Å²) in [5, 5.41) is 9.09. The van der Waals surface area contributed by atoms with Crippen LogP contribution in [0.5, 0.6) is 0 Å². The van der Waals surface area contributed by atoms with Crippen LogP contribution in [0.3, 0.4) is 0 Å². The van der Waals surface area contributed by atoms with Crippen LogP contribution in [0.1, 0.15) is 25.1 Å². The van der Waals surface area contributed by atoms with Crippen molar-refractivity contribution in [2.24, 2.45) is 5.92 Å². The van der Waals surface area contributed by atoms with E-state index in [-0.39, 0.29) is 6.61 Å². The summed E-state index contributed by atoms with van der Waals surface area (Å²) < 4.78 is 0. The summed E-state index contributed by atoms with van der Waals surface area (Å²) >= 11 is 0. The number of hydrogen-bond acceptors (Lipinski definition) is 5. The van der Waals surface area contributed by atoms with Gasteiger partial charge in [0.15, 0.2) is 0 Å². The second kappa shape index (κ2) is 6.99. The van der Waals surface area contributed by atoms with E-state index in [0.29, 0.717) is 12.0 Å². The first-order chi connectivity index (χ1) is 9.61. The molecule has 0 aromatic carbocycles. The Morgan fingerprint density at radius 2 is 2.25 bits per heavy atom. The minimum absolute atomic E-state index is 0.281. The van der Waals surface area contributed by atoms with Gasteiger partial charge >= 0.3 is 0 Å². The molecule has 2 heterocycles. The topological polar surface area (TPSA) is 52.5 Å². The van der Waals surface area contributed by atoms with E-state index in [4.69, 9.17) is 5.11 Å². The van der Waals surface area contributed by atoms with E-state index >= 15 is 0 Å². The second-order valence-electron chi connectivity index (χ2n) is 5.85. The number of hydrogen-bond donors (Lipinski definition) is 1. The molecule has 5 heteroatoms. The zero-order valence-electron chi connectivity index (χ0n) is 12.8. The molecule has 0 spiro atoms. The van der Waals surface area contributed by atoms with Crippen LogP contribution in [0.2, 0.25) is 0 Å². The number of aryl methyl sites for hydroxylation is 1. The number of piperidine rings is 1. The molecule has 1 aliphatic heterocycles.